The lowest BCUT2D eigenvalue weighted by atomic mass is 10.1. The first kappa shape index (κ1) is 16.2. The van der Waals surface area contributed by atoms with Crippen LogP contribution in [0.2, 0.25) is 0 Å². The van der Waals surface area contributed by atoms with Gasteiger partial charge in [-0.3, -0.25) is 0 Å². The van der Waals surface area contributed by atoms with Gasteiger partial charge in [0, 0.05) is 11.1 Å². The van der Waals surface area contributed by atoms with Gasteiger partial charge in [0.05, 0.1) is 5.56 Å². The van der Waals surface area contributed by atoms with E-state index in [0.717, 1.165) is 29.7 Å². The molecule has 0 unspecified atom stereocenters. The Hall–Kier alpha value is -0.890. The third-order valence-corrected chi connectivity index (χ3v) is 3.87. The third kappa shape index (κ3) is 3.79. The van der Waals surface area contributed by atoms with E-state index in [0.29, 0.717) is 11.5 Å². The van der Waals surface area contributed by atoms with Crippen LogP contribution in [0, 0.1) is 0 Å². The average Bonchev–Trinajstić information content (AvgIpc) is 2.29. The zero-order valence-electron chi connectivity index (χ0n) is 10.2. The summed E-state index contributed by atoms with van der Waals surface area (Å²) >= 11 is 1.92. The van der Waals surface area contributed by atoms with Gasteiger partial charge in [0.25, 0.3) is 0 Å². The van der Waals surface area contributed by atoms with Crippen molar-refractivity contribution in [1.29, 1.82) is 0 Å². The summed E-state index contributed by atoms with van der Waals surface area (Å²) in [5.74, 6) is -0.746. The first-order valence-corrected chi connectivity index (χ1v) is 7.39. The van der Waals surface area contributed by atoms with Crippen molar-refractivity contribution in [2.24, 2.45) is 0 Å². The highest BCUT2D eigenvalue weighted by Crippen LogP contribution is 2.41. The van der Waals surface area contributed by atoms with E-state index in [4.69, 9.17) is 5.11 Å². The Balaban J connectivity index is 3.56. The maximum atomic E-state index is 13.1. The standard InChI is InChI=1S/C11H12F3NO2S2/c1-3-18-6-5-15-9(19-4-2)7(10(16)17)8(6)11(12,13)14/h5H,3-4H2,1-2H3,(H,16,17). The summed E-state index contributed by atoms with van der Waals surface area (Å²) in [7, 11) is 0. The Morgan fingerprint density at radius 1 is 1.32 bits per heavy atom. The number of rotatable bonds is 5. The molecule has 0 spiro atoms. The molecule has 1 rings (SSSR count). The van der Waals surface area contributed by atoms with Crippen molar-refractivity contribution in [3.8, 4) is 0 Å². The van der Waals surface area contributed by atoms with Crippen LogP contribution >= 0.6 is 23.5 Å². The molecular weight excluding hydrogens is 299 g/mol. The number of aromatic nitrogens is 1. The average molecular weight is 311 g/mol. The molecule has 0 amide bonds. The van der Waals surface area contributed by atoms with Gasteiger partial charge < -0.3 is 5.11 Å². The SMILES string of the molecule is CCSc1cnc(SCC)c(C(=O)O)c1C(F)(F)F. The predicted octanol–water partition coefficient (Wildman–Crippen LogP) is 4.02. The second-order valence-corrected chi connectivity index (χ2v) is 5.91. The van der Waals surface area contributed by atoms with Crippen LogP contribution in [0.4, 0.5) is 13.2 Å². The molecule has 0 aromatic carbocycles. The molecule has 1 heterocycles. The van der Waals surface area contributed by atoms with Crippen LogP contribution in [0.5, 0.6) is 0 Å². The van der Waals surface area contributed by atoms with Gasteiger partial charge in [0.2, 0.25) is 0 Å². The van der Waals surface area contributed by atoms with Crippen LogP contribution in [0.1, 0.15) is 29.8 Å². The van der Waals surface area contributed by atoms with Gasteiger partial charge in [-0.15, -0.1) is 23.5 Å². The second kappa shape index (κ2) is 6.51. The Labute approximate surface area is 117 Å². The van der Waals surface area contributed by atoms with Gasteiger partial charge in [0.15, 0.2) is 0 Å². The van der Waals surface area contributed by atoms with E-state index in [2.05, 4.69) is 4.98 Å². The normalized spacial score (nSPS) is 11.6. The number of nitrogens with zero attached hydrogens (tertiary/aromatic N) is 1. The summed E-state index contributed by atoms with van der Waals surface area (Å²) in [6.45, 7) is 3.42. The summed E-state index contributed by atoms with van der Waals surface area (Å²) in [6.07, 6.45) is -3.61. The molecule has 3 nitrogen and oxygen atoms in total. The zero-order valence-corrected chi connectivity index (χ0v) is 11.9. The number of carboxylic acid groups (broad SMARTS) is 1. The topological polar surface area (TPSA) is 50.2 Å². The minimum Gasteiger partial charge on any atom is -0.478 e. The second-order valence-electron chi connectivity index (χ2n) is 3.35. The number of aromatic carboxylic acids is 1. The molecule has 0 saturated heterocycles. The van der Waals surface area contributed by atoms with Crippen molar-refractivity contribution in [2.45, 2.75) is 29.9 Å². The quantitative estimate of drug-likeness (QED) is 0.832. The molecule has 0 aliphatic heterocycles. The highest BCUT2D eigenvalue weighted by molar-refractivity contribution is 7.99. The van der Waals surface area contributed by atoms with Crippen molar-refractivity contribution >= 4 is 29.5 Å². The van der Waals surface area contributed by atoms with Crippen LogP contribution in [-0.4, -0.2) is 27.6 Å². The van der Waals surface area contributed by atoms with Crippen LogP contribution < -0.4 is 0 Å². The summed E-state index contributed by atoms with van der Waals surface area (Å²) in [4.78, 5) is 14.9. The van der Waals surface area contributed by atoms with E-state index in [1.54, 1.807) is 13.8 Å². The van der Waals surface area contributed by atoms with Crippen LogP contribution in [0.3, 0.4) is 0 Å². The van der Waals surface area contributed by atoms with Gasteiger partial charge in [-0.2, -0.15) is 13.2 Å². The largest absolute Gasteiger partial charge is 0.478 e. The van der Waals surface area contributed by atoms with Gasteiger partial charge >= 0.3 is 12.1 Å². The molecule has 1 N–H and O–H groups in total. The number of hydrogen-bond acceptors (Lipinski definition) is 4. The Bertz CT molecular complexity index is 478. The fourth-order valence-corrected chi connectivity index (χ4v) is 3.00. The Morgan fingerprint density at radius 3 is 2.32 bits per heavy atom. The van der Waals surface area contributed by atoms with Crippen molar-refractivity contribution < 1.29 is 23.1 Å². The van der Waals surface area contributed by atoms with Gasteiger partial charge in [-0.1, -0.05) is 13.8 Å². The Kier molecular flexibility index (Phi) is 5.54. The minimum atomic E-state index is -4.71. The van der Waals surface area contributed by atoms with Crippen molar-refractivity contribution in [3.05, 3.63) is 17.3 Å². The van der Waals surface area contributed by atoms with E-state index < -0.39 is 23.3 Å². The van der Waals surface area contributed by atoms with Gasteiger partial charge in [-0.25, -0.2) is 9.78 Å². The number of halogens is 3. The van der Waals surface area contributed by atoms with Crippen molar-refractivity contribution in [2.75, 3.05) is 11.5 Å². The lowest BCUT2D eigenvalue weighted by molar-refractivity contribution is -0.140. The number of carboxylic acids is 1. The summed E-state index contributed by atoms with van der Waals surface area (Å²) in [6, 6.07) is 0. The lowest BCUT2D eigenvalue weighted by Crippen LogP contribution is -2.17. The minimum absolute atomic E-state index is 0.0946. The molecule has 0 fully saturated rings. The molecule has 19 heavy (non-hydrogen) atoms. The van der Waals surface area contributed by atoms with Crippen LogP contribution in [0.25, 0.3) is 0 Å². The molecule has 0 aliphatic carbocycles. The molecule has 1 aromatic rings. The summed E-state index contributed by atoms with van der Waals surface area (Å²) < 4.78 is 39.3. The number of carbonyl (C=O) groups is 1. The maximum Gasteiger partial charge on any atom is 0.418 e. The van der Waals surface area contributed by atoms with E-state index >= 15 is 0 Å². The fraction of sp³-hybridized carbons (Fsp3) is 0.455. The van der Waals surface area contributed by atoms with E-state index in [-0.39, 0.29) is 9.92 Å². The molecule has 0 aliphatic rings. The maximum absolute atomic E-state index is 13.1. The van der Waals surface area contributed by atoms with E-state index in [1.165, 1.54) is 0 Å². The molecular formula is C11H12F3NO2S2. The van der Waals surface area contributed by atoms with E-state index in [1.807, 2.05) is 0 Å². The number of hydrogen-bond donors (Lipinski definition) is 1. The van der Waals surface area contributed by atoms with Crippen LogP contribution in [0.15, 0.2) is 16.1 Å². The van der Waals surface area contributed by atoms with Crippen molar-refractivity contribution in [3.63, 3.8) is 0 Å². The third-order valence-electron chi connectivity index (χ3n) is 2.09. The van der Waals surface area contributed by atoms with Crippen LogP contribution in [-0.2, 0) is 6.18 Å². The summed E-state index contributed by atoms with van der Waals surface area (Å²) in [5.41, 5.74) is -1.85. The number of pyridine rings is 1. The smallest absolute Gasteiger partial charge is 0.418 e. The number of alkyl halides is 3. The molecule has 0 radical (unpaired) electrons. The predicted molar refractivity (Wildman–Crippen MR) is 69.0 cm³/mol. The molecule has 0 saturated carbocycles. The fourth-order valence-electron chi connectivity index (χ4n) is 1.47. The molecule has 1 aromatic heterocycles. The van der Waals surface area contributed by atoms with Gasteiger partial charge in [0.1, 0.15) is 10.6 Å². The van der Waals surface area contributed by atoms with Crippen molar-refractivity contribution in [1.82, 2.24) is 4.98 Å². The van der Waals surface area contributed by atoms with Gasteiger partial charge in [-0.05, 0) is 11.5 Å². The Morgan fingerprint density at radius 2 is 1.89 bits per heavy atom. The van der Waals surface area contributed by atoms with E-state index in [9.17, 15) is 18.0 Å². The number of thioether (sulfide) groups is 2. The zero-order chi connectivity index (χ0) is 14.6. The first-order chi connectivity index (χ1) is 8.82. The highest BCUT2D eigenvalue weighted by atomic mass is 32.2. The highest BCUT2D eigenvalue weighted by Gasteiger charge is 2.40. The summed E-state index contributed by atoms with van der Waals surface area (Å²) in [5, 5.41) is 8.97. The molecule has 0 atom stereocenters. The monoisotopic (exact) mass is 311 g/mol. The first-order valence-electron chi connectivity index (χ1n) is 5.41. The lowest BCUT2D eigenvalue weighted by Gasteiger charge is -2.16. The molecule has 106 valence electrons. The molecule has 8 heteroatoms. The molecule has 0 bridgehead atoms.